The molecule has 0 saturated carbocycles. The van der Waals surface area contributed by atoms with E-state index in [1.165, 1.54) is 15.7 Å². The van der Waals surface area contributed by atoms with Crippen LogP contribution in [0.1, 0.15) is 19.8 Å². The molecule has 1 rings (SSSR count). The molecule has 0 aliphatic carbocycles. The molecule has 0 spiro atoms. The summed E-state index contributed by atoms with van der Waals surface area (Å²) in [6.07, 6.45) is 1.11. The van der Waals surface area contributed by atoms with Crippen molar-refractivity contribution < 1.29 is 23.1 Å². The first-order valence-electron chi connectivity index (χ1n) is 6.40. The maximum atomic E-state index is 12.4. The summed E-state index contributed by atoms with van der Waals surface area (Å²) in [5.41, 5.74) is 0. The minimum atomic E-state index is -3.59. The molecule has 0 aromatic heterocycles. The average Bonchev–Trinajstić information content (AvgIpc) is 2.39. The number of hydrogen-bond acceptors (Lipinski definition) is 4. The highest BCUT2D eigenvalue weighted by atomic mass is 32.2. The molecule has 1 saturated heterocycles. The predicted octanol–water partition coefficient (Wildman–Crippen LogP) is -0.00390. The Hall–Kier alpha value is -0.700. The lowest BCUT2D eigenvalue weighted by molar-refractivity contribution is -0.142. The summed E-state index contributed by atoms with van der Waals surface area (Å²) in [5, 5.41) is 9.00. The second-order valence-corrected chi connectivity index (χ2v) is 6.46. The standard InChI is InChI=1S/C11H22N2O5S/c1-3-12(7-8-18-2)19(16,17)13-6-4-5-10(9-13)11(14)15/h10H,3-9H2,1-2H3,(H,14,15). The molecule has 0 aromatic carbocycles. The van der Waals surface area contributed by atoms with Gasteiger partial charge in [0.1, 0.15) is 0 Å². The van der Waals surface area contributed by atoms with Gasteiger partial charge in [0.25, 0.3) is 10.2 Å². The quantitative estimate of drug-likeness (QED) is 0.714. The topological polar surface area (TPSA) is 87.2 Å². The molecule has 1 aliphatic heterocycles. The number of carboxylic acids is 1. The summed E-state index contributed by atoms with van der Waals surface area (Å²) in [4.78, 5) is 11.0. The number of likely N-dealkylation sites (N-methyl/N-ethyl adjacent to an activating group) is 1. The van der Waals surface area contributed by atoms with Gasteiger partial charge < -0.3 is 9.84 Å². The van der Waals surface area contributed by atoms with E-state index in [0.29, 0.717) is 32.5 Å². The van der Waals surface area contributed by atoms with E-state index in [4.69, 9.17) is 9.84 Å². The highest BCUT2D eigenvalue weighted by Gasteiger charge is 2.35. The molecule has 7 nitrogen and oxygen atoms in total. The molecule has 0 radical (unpaired) electrons. The van der Waals surface area contributed by atoms with Gasteiger partial charge in [-0.25, -0.2) is 0 Å². The number of hydrogen-bond donors (Lipinski definition) is 1. The number of piperidine rings is 1. The molecule has 19 heavy (non-hydrogen) atoms. The second-order valence-electron chi connectivity index (χ2n) is 4.53. The van der Waals surface area contributed by atoms with Crippen LogP contribution < -0.4 is 0 Å². The molecule has 0 amide bonds. The van der Waals surface area contributed by atoms with Crippen LogP contribution >= 0.6 is 0 Å². The molecule has 1 aliphatic rings. The maximum absolute atomic E-state index is 12.4. The Morgan fingerprint density at radius 1 is 1.53 bits per heavy atom. The summed E-state index contributed by atoms with van der Waals surface area (Å²) in [6.45, 7) is 3.15. The molecule has 0 aromatic rings. The van der Waals surface area contributed by atoms with Crippen LogP contribution in [0.2, 0.25) is 0 Å². The zero-order valence-corrected chi connectivity index (χ0v) is 12.2. The van der Waals surface area contributed by atoms with Gasteiger partial charge in [-0.05, 0) is 12.8 Å². The van der Waals surface area contributed by atoms with Gasteiger partial charge in [0.15, 0.2) is 0 Å². The van der Waals surface area contributed by atoms with Gasteiger partial charge in [-0.2, -0.15) is 17.0 Å². The molecule has 1 N–H and O–H groups in total. The van der Waals surface area contributed by atoms with Gasteiger partial charge in [0, 0.05) is 33.3 Å². The zero-order chi connectivity index (χ0) is 14.5. The molecule has 1 atom stereocenters. The Morgan fingerprint density at radius 2 is 2.21 bits per heavy atom. The van der Waals surface area contributed by atoms with Crippen LogP contribution in [-0.2, 0) is 19.7 Å². The molecule has 1 heterocycles. The fourth-order valence-electron chi connectivity index (χ4n) is 2.15. The van der Waals surface area contributed by atoms with Gasteiger partial charge in [0.05, 0.1) is 12.5 Å². The van der Waals surface area contributed by atoms with Crippen molar-refractivity contribution in [3.05, 3.63) is 0 Å². The third kappa shape index (κ3) is 4.13. The predicted molar refractivity (Wildman–Crippen MR) is 70.0 cm³/mol. The van der Waals surface area contributed by atoms with Crippen LogP contribution in [-0.4, -0.2) is 68.0 Å². The van der Waals surface area contributed by atoms with E-state index in [1.807, 2.05) is 0 Å². The lowest BCUT2D eigenvalue weighted by Crippen LogP contribution is -2.49. The van der Waals surface area contributed by atoms with Crippen molar-refractivity contribution in [1.29, 1.82) is 0 Å². The highest BCUT2D eigenvalue weighted by molar-refractivity contribution is 7.86. The Balaban J connectivity index is 2.77. The van der Waals surface area contributed by atoms with Gasteiger partial charge in [-0.1, -0.05) is 6.92 Å². The van der Waals surface area contributed by atoms with Gasteiger partial charge in [-0.15, -0.1) is 0 Å². The largest absolute Gasteiger partial charge is 0.481 e. The summed E-state index contributed by atoms with van der Waals surface area (Å²) in [5.74, 6) is -1.54. The minimum Gasteiger partial charge on any atom is -0.481 e. The third-order valence-electron chi connectivity index (χ3n) is 3.28. The van der Waals surface area contributed by atoms with E-state index < -0.39 is 22.1 Å². The van der Waals surface area contributed by atoms with Crippen LogP contribution in [0.15, 0.2) is 0 Å². The van der Waals surface area contributed by atoms with Crippen molar-refractivity contribution in [2.24, 2.45) is 5.92 Å². The molecule has 0 bridgehead atoms. The Morgan fingerprint density at radius 3 is 2.74 bits per heavy atom. The van der Waals surface area contributed by atoms with Crippen molar-refractivity contribution in [3.8, 4) is 0 Å². The van der Waals surface area contributed by atoms with Crippen molar-refractivity contribution in [3.63, 3.8) is 0 Å². The number of methoxy groups -OCH3 is 1. The number of carboxylic acid groups (broad SMARTS) is 1. The Bertz CT molecular complexity index is 398. The van der Waals surface area contributed by atoms with E-state index in [-0.39, 0.29) is 13.1 Å². The lowest BCUT2D eigenvalue weighted by atomic mass is 10.0. The SMILES string of the molecule is CCN(CCOC)S(=O)(=O)N1CCCC(C(=O)O)C1. The number of rotatable bonds is 7. The first-order valence-corrected chi connectivity index (χ1v) is 7.80. The van der Waals surface area contributed by atoms with Gasteiger partial charge >= 0.3 is 5.97 Å². The maximum Gasteiger partial charge on any atom is 0.307 e. The van der Waals surface area contributed by atoms with E-state index in [0.717, 1.165) is 0 Å². The molecule has 1 unspecified atom stereocenters. The second kappa shape index (κ2) is 7.18. The first-order chi connectivity index (χ1) is 8.93. The average molecular weight is 294 g/mol. The fraction of sp³-hybridized carbons (Fsp3) is 0.909. The monoisotopic (exact) mass is 294 g/mol. The molecule has 8 heteroatoms. The highest BCUT2D eigenvalue weighted by Crippen LogP contribution is 2.21. The van der Waals surface area contributed by atoms with E-state index in [1.54, 1.807) is 6.92 Å². The van der Waals surface area contributed by atoms with Crippen molar-refractivity contribution in [1.82, 2.24) is 8.61 Å². The fourth-order valence-corrected chi connectivity index (χ4v) is 3.83. The number of ether oxygens (including phenoxy) is 1. The Labute approximate surface area is 114 Å². The van der Waals surface area contributed by atoms with E-state index in [2.05, 4.69) is 0 Å². The zero-order valence-electron chi connectivity index (χ0n) is 11.4. The third-order valence-corrected chi connectivity index (χ3v) is 5.36. The number of carbonyl (C=O) groups is 1. The normalized spacial score (nSPS) is 21.7. The summed E-state index contributed by atoms with van der Waals surface area (Å²) < 4.78 is 32.3. The molecular formula is C11H22N2O5S. The van der Waals surface area contributed by atoms with Crippen LogP contribution in [0.3, 0.4) is 0 Å². The van der Waals surface area contributed by atoms with Crippen LogP contribution in [0.4, 0.5) is 0 Å². The smallest absolute Gasteiger partial charge is 0.307 e. The van der Waals surface area contributed by atoms with Crippen molar-refractivity contribution >= 4 is 16.2 Å². The minimum absolute atomic E-state index is 0.0567. The summed E-state index contributed by atoms with van der Waals surface area (Å²) >= 11 is 0. The van der Waals surface area contributed by atoms with Crippen molar-refractivity contribution in [2.45, 2.75) is 19.8 Å². The molecule has 112 valence electrons. The molecular weight excluding hydrogens is 272 g/mol. The van der Waals surface area contributed by atoms with Crippen LogP contribution in [0.25, 0.3) is 0 Å². The van der Waals surface area contributed by atoms with Crippen molar-refractivity contribution in [2.75, 3.05) is 39.9 Å². The van der Waals surface area contributed by atoms with Gasteiger partial charge in [-0.3, -0.25) is 4.79 Å². The number of nitrogens with zero attached hydrogens (tertiary/aromatic N) is 2. The first kappa shape index (κ1) is 16.4. The van der Waals surface area contributed by atoms with Gasteiger partial charge in [0.2, 0.25) is 0 Å². The summed E-state index contributed by atoms with van der Waals surface area (Å²) in [7, 11) is -2.07. The summed E-state index contributed by atoms with van der Waals surface area (Å²) in [6, 6.07) is 0. The number of aliphatic carboxylic acids is 1. The van der Waals surface area contributed by atoms with Crippen LogP contribution in [0.5, 0.6) is 0 Å². The van der Waals surface area contributed by atoms with E-state index in [9.17, 15) is 13.2 Å². The Kier molecular flexibility index (Phi) is 6.18. The van der Waals surface area contributed by atoms with E-state index >= 15 is 0 Å². The van der Waals surface area contributed by atoms with Crippen LogP contribution in [0, 0.1) is 5.92 Å². The molecule has 1 fully saturated rings. The lowest BCUT2D eigenvalue weighted by Gasteiger charge is -2.33.